The first kappa shape index (κ1) is 31.2. The number of alkyl halides is 6. The summed E-state index contributed by atoms with van der Waals surface area (Å²) >= 11 is 0. The normalized spacial score (nSPS) is 18.4. The van der Waals surface area contributed by atoms with E-state index in [9.17, 15) is 45.4 Å². The molecule has 2 aromatic carbocycles. The van der Waals surface area contributed by atoms with Crippen molar-refractivity contribution in [3.05, 3.63) is 70.0 Å². The van der Waals surface area contributed by atoms with Gasteiger partial charge in [0.05, 0.1) is 17.2 Å². The lowest BCUT2D eigenvalue weighted by molar-refractivity contribution is -0.143. The molecule has 2 aromatic rings. The summed E-state index contributed by atoms with van der Waals surface area (Å²) in [7, 11) is 1.26. The molecule has 1 saturated heterocycles. The molecule has 220 valence electrons. The number of hydrogen-bond donors (Lipinski definition) is 2. The molecule has 0 saturated carbocycles. The van der Waals surface area contributed by atoms with Crippen molar-refractivity contribution < 1.29 is 45.4 Å². The maximum atomic E-state index is 13.8. The van der Waals surface area contributed by atoms with Crippen LogP contribution < -0.4 is 5.32 Å². The number of aliphatic hydroxyl groups is 1. The molecule has 0 aromatic heterocycles. The van der Waals surface area contributed by atoms with Crippen LogP contribution in [0.4, 0.5) is 35.5 Å². The largest absolute Gasteiger partial charge is 0.416 e. The molecule has 40 heavy (non-hydrogen) atoms. The van der Waals surface area contributed by atoms with Crippen molar-refractivity contribution in [3.8, 4) is 0 Å². The van der Waals surface area contributed by atoms with Crippen LogP contribution in [-0.2, 0) is 23.7 Å². The molecule has 3 rings (SSSR count). The van der Waals surface area contributed by atoms with Crippen LogP contribution in [0.1, 0.15) is 60.5 Å². The molecule has 1 aliphatic heterocycles. The average Bonchev–Trinajstić information content (AvgIpc) is 2.81. The van der Waals surface area contributed by atoms with Gasteiger partial charge in [-0.1, -0.05) is 6.07 Å². The predicted molar refractivity (Wildman–Crippen MR) is 131 cm³/mol. The lowest BCUT2D eigenvalue weighted by atomic mass is 9.89. The minimum atomic E-state index is -5.03. The number of halogens is 7. The van der Waals surface area contributed by atoms with Gasteiger partial charge in [0.2, 0.25) is 0 Å². The molecule has 0 unspecified atom stereocenters. The molecule has 0 radical (unpaired) electrons. The lowest BCUT2D eigenvalue weighted by Gasteiger charge is -2.42. The summed E-state index contributed by atoms with van der Waals surface area (Å²) in [5.41, 5.74) is -3.92. The molecule has 13 heteroatoms. The van der Waals surface area contributed by atoms with Gasteiger partial charge in [-0.05, 0) is 80.6 Å². The summed E-state index contributed by atoms with van der Waals surface area (Å²) in [6.07, 6.45) is -9.62. The van der Waals surface area contributed by atoms with Crippen LogP contribution in [-0.4, -0.2) is 52.1 Å². The zero-order chi connectivity index (χ0) is 30.2. The molecule has 1 heterocycles. The first-order chi connectivity index (χ1) is 18.3. The Bertz CT molecular complexity index is 1220. The monoisotopic (exact) mass is 577 g/mol. The number of likely N-dealkylation sites (tertiary alicyclic amines) is 1. The van der Waals surface area contributed by atoms with Gasteiger partial charge in [0.25, 0.3) is 5.91 Å². The Kier molecular flexibility index (Phi) is 8.78. The molecule has 2 N–H and O–H groups in total. The van der Waals surface area contributed by atoms with Gasteiger partial charge in [-0.25, -0.2) is 9.18 Å². The molecular formula is C27H30F7N3O3. The van der Waals surface area contributed by atoms with Gasteiger partial charge in [0.15, 0.2) is 0 Å². The van der Waals surface area contributed by atoms with Gasteiger partial charge in [0, 0.05) is 26.2 Å². The quantitative estimate of drug-likeness (QED) is 0.441. The second kappa shape index (κ2) is 11.3. The Hall–Kier alpha value is -3.35. The van der Waals surface area contributed by atoms with E-state index in [4.69, 9.17) is 0 Å². The SMILES string of the molecule is Cc1cc(F)ccc1[C@H]1C[C@@H](NC(=O)C(C)(C)O)CCN1C(=O)N(C)Cc1cc(C(F)(F)F)cc(C(F)(F)F)c1. The van der Waals surface area contributed by atoms with Gasteiger partial charge in [0.1, 0.15) is 11.4 Å². The summed E-state index contributed by atoms with van der Waals surface area (Å²) in [6, 6.07) is 3.26. The highest BCUT2D eigenvalue weighted by Crippen LogP contribution is 2.37. The second-order valence-corrected chi connectivity index (χ2v) is 10.5. The highest BCUT2D eigenvalue weighted by molar-refractivity contribution is 5.84. The zero-order valence-corrected chi connectivity index (χ0v) is 22.3. The van der Waals surface area contributed by atoms with E-state index in [0.29, 0.717) is 23.3 Å². The first-order valence-electron chi connectivity index (χ1n) is 12.4. The number of amides is 3. The number of rotatable bonds is 5. The van der Waals surface area contributed by atoms with Crippen LogP contribution in [0, 0.1) is 12.7 Å². The van der Waals surface area contributed by atoms with Crippen molar-refractivity contribution in [3.63, 3.8) is 0 Å². The summed E-state index contributed by atoms with van der Waals surface area (Å²) in [5.74, 6) is -1.14. The van der Waals surface area contributed by atoms with Crippen LogP contribution >= 0.6 is 0 Å². The Labute approximate surface area is 226 Å². The van der Waals surface area contributed by atoms with Gasteiger partial charge < -0.3 is 20.2 Å². The van der Waals surface area contributed by atoms with Gasteiger partial charge >= 0.3 is 18.4 Å². The summed E-state index contributed by atoms with van der Waals surface area (Å²) < 4.78 is 93.6. The smallest absolute Gasteiger partial charge is 0.381 e. The van der Waals surface area contributed by atoms with E-state index in [1.165, 1.54) is 44.0 Å². The van der Waals surface area contributed by atoms with Crippen molar-refractivity contribution in [1.82, 2.24) is 15.1 Å². The van der Waals surface area contributed by atoms with Gasteiger partial charge in [-0.3, -0.25) is 4.79 Å². The van der Waals surface area contributed by atoms with Crippen LogP contribution in [0.15, 0.2) is 36.4 Å². The fourth-order valence-electron chi connectivity index (χ4n) is 4.67. The summed E-state index contributed by atoms with van der Waals surface area (Å²) in [6.45, 7) is 3.78. The average molecular weight is 578 g/mol. The third-order valence-corrected chi connectivity index (χ3v) is 6.72. The van der Waals surface area contributed by atoms with Crippen molar-refractivity contribution in [2.24, 2.45) is 0 Å². The molecule has 0 spiro atoms. The number of piperidine rings is 1. The topological polar surface area (TPSA) is 72.9 Å². The minimum Gasteiger partial charge on any atom is -0.381 e. The van der Waals surface area contributed by atoms with E-state index < -0.39 is 65.5 Å². The Morgan fingerprint density at radius 3 is 2.10 bits per heavy atom. The van der Waals surface area contributed by atoms with E-state index in [0.717, 1.165) is 4.90 Å². The minimum absolute atomic E-state index is 0.0192. The van der Waals surface area contributed by atoms with Gasteiger partial charge in [-0.2, -0.15) is 26.3 Å². The maximum absolute atomic E-state index is 13.8. The van der Waals surface area contributed by atoms with E-state index in [2.05, 4.69) is 5.32 Å². The fraction of sp³-hybridized carbons (Fsp3) is 0.481. The zero-order valence-electron chi connectivity index (χ0n) is 22.3. The molecule has 0 bridgehead atoms. The van der Waals surface area contributed by atoms with Crippen LogP contribution in [0.3, 0.4) is 0 Å². The van der Waals surface area contributed by atoms with E-state index in [-0.39, 0.29) is 31.0 Å². The van der Waals surface area contributed by atoms with Crippen molar-refractivity contribution in [2.45, 2.75) is 70.2 Å². The van der Waals surface area contributed by atoms with Crippen molar-refractivity contribution in [1.29, 1.82) is 0 Å². The Morgan fingerprint density at radius 1 is 1.02 bits per heavy atom. The van der Waals surface area contributed by atoms with Crippen LogP contribution in [0.5, 0.6) is 0 Å². The van der Waals surface area contributed by atoms with Crippen LogP contribution in [0.25, 0.3) is 0 Å². The molecule has 1 fully saturated rings. The van der Waals surface area contributed by atoms with Crippen molar-refractivity contribution >= 4 is 11.9 Å². The second-order valence-electron chi connectivity index (χ2n) is 10.5. The number of benzene rings is 2. The Balaban J connectivity index is 1.91. The number of hydrogen-bond acceptors (Lipinski definition) is 3. The maximum Gasteiger partial charge on any atom is 0.416 e. The standard InChI is InChI=1S/C27H30F7N3O3/c1-15-9-19(28)5-6-21(15)22-13-20(35-23(38)25(2,3)40)7-8-37(22)24(39)36(4)14-16-10-17(26(29,30)31)12-18(11-16)27(32,33)34/h5-6,9-12,20,22,40H,7-8,13-14H2,1-4H3,(H,35,38)/t20-,22+/m0/s1. The van der Waals surface area contributed by atoms with Gasteiger partial charge in [-0.15, -0.1) is 0 Å². The number of urea groups is 1. The number of nitrogens with one attached hydrogen (secondary N) is 1. The third kappa shape index (κ3) is 7.43. The third-order valence-electron chi connectivity index (χ3n) is 6.72. The van der Waals surface area contributed by atoms with Crippen LogP contribution in [0.2, 0.25) is 0 Å². The highest BCUT2D eigenvalue weighted by atomic mass is 19.4. The first-order valence-corrected chi connectivity index (χ1v) is 12.4. The number of carbonyl (C=O) groups is 2. The molecule has 1 aliphatic rings. The number of nitrogens with zero attached hydrogens (tertiary/aromatic N) is 2. The summed E-state index contributed by atoms with van der Waals surface area (Å²) in [4.78, 5) is 28.3. The molecule has 6 nitrogen and oxygen atoms in total. The fourth-order valence-corrected chi connectivity index (χ4v) is 4.67. The molecule has 2 atom stereocenters. The summed E-state index contributed by atoms with van der Waals surface area (Å²) in [5, 5.41) is 12.7. The van der Waals surface area contributed by atoms with E-state index in [1.807, 2.05) is 0 Å². The Morgan fingerprint density at radius 2 is 1.60 bits per heavy atom. The molecule has 3 amide bonds. The molecule has 0 aliphatic carbocycles. The lowest BCUT2D eigenvalue weighted by Crippen LogP contribution is -2.53. The number of aryl methyl sites for hydroxylation is 1. The predicted octanol–water partition coefficient (Wildman–Crippen LogP) is 5.82. The highest BCUT2D eigenvalue weighted by Gasteiger charge is 2.39. The molecular weight excluding hydrogens is 547 g/mol. The number of carbonyl (C=O) groups excluding carboxylic acids is 2. The van der Waals surface area contributed by atoms with E-state index in [1.54, 1.807) is 6.92 Å². The van der Waals surface area contributed by atoms with E-state index >= 15 is 0 Å². The van der Waals surface area contributed by atoms with Crippen molar-refractivity contribution in [2.75, 3.05) is 13.6 Å².